The summed E-state index contributed by atoms with van der Waals surface area (Å²) in [5, 5.41) is 5.44. The molecule has 0 aliphatic heterocycles. The largest absolute Gasteiger partial charge is 0.230 e. The average molecular weight is 498 g/mol. The van der Waals surface area contributed by atoms with Gasteiger partial charge in [-0.2, -0.15) is 5.10 Å². The van der Waals surface area contributed by atoms with E-state index in [0.29, 0.717) is 22.0 Å². The summed E-state index contributed by atoms with van der Waals surface area (Å²) in [5.74, 6) is 0. The normalized spacial score (nSPS) is 11.6. The van der Waals surface area contributed by atoms with Crippen molar-refractivity contribution in [3.63, 3.8) is 0 Å². The smallest absolute Gasteiger partial charge is 0.210 e. The van der Waals surface area contributed by atoms with Gasteiger partial charge < -0.3 is 0 Å². The molecule has 0 radical (unpaired) electrons. The van der Waals surface area contributed by atoms with Crippen molar-refractivity contribution < 1.29 is 8.42 Å². The van der Waals surface area contributed by atoms with E-state index in [-0.39, 0.29) is 24.9 Å². The number of hydrogen-bond acceptors (Lipinski definition) is 3. The van der Waals surface area contributed by atoms with Gasteiger partial charge in [-0.3, -0.25) is 0 Å². The van der Waals surface area contributed by atoms with Crippen LogP contribution in [0.4, 0.5) is 0 Å². The van der Waals surface area contributed by atoms with Gasteiger partial charge in [-0.05, 0) is 36.4 Å². The van der Waals surface area contributed by atoms with Gasteiger partial charge >= 0.3 is 0 Å². The molecule has 0 spiro atoms. The Bertz CT molecular complexity index is 1340. The van der Waals surface area contributed by atoms with Crippen LogP contribution in [0.15, 0.2) is 82.7 Å². The van der Waals surface area contributed by atoms with Crippen LogP contribution < -0.4 is 0 Å². The Balaban J connectivity index is 2.02. The Morgan fingerprint density at radius 1 is 0.767 bits per heavy atom. The monoisotopic (exact) mass is 496 g/mol. The first-order valence-electron chi connectivity index (χ1n) is 8.58. The third kappa shape index (κ3) is 3.72. The fourth-order valence-electron chi connectivity index (χ4n) is 2.99. The van der Waals surface area contributed by atoms with Crippen LogP contribution in [0.3, 0.4) is 0 Å². The molecule has 0 N–H and O–H groups in total. The van der Waals surface area contributed by atoms with Gasteiger partial charge in [0.15, 0.2) is 0 Å². The quantitative estimate of drug-likeness (QED) is 0.285. The van der Waals surface area contributed by atoms with Crippen LogP contribution in [0.5, 0.6) is 0 Å². The molecule has 9 heteroatoms. The summed E-state index contributed by atoms with van der Waals surface area (Å²) < 4.78 is 28.2. The van der Waals surface area contributed by atoms with Crippen LogP contribution in [0.2, 0.25) is 20.1 Å². The van der Waals surface area contributed by atoms with E-state index < -0.39 is 9.84 Å². The van der Waals surface area contributed by atoms with Gasteiger partial charge in [0.2, 0.25) is 9.84 Å². The molecular weight excluding hydrogens is 486 g/mol. The van der Waals surface area contributed by atoms with Crippen molar-refractivity contribution in [2.75, 3.05) is 0 Å². The van der Waals surface area contributed by atoms with Gasteiger partial charge in [-0.1, -0.05) is 76.7 Å². The zero-order valence-corrected chi connectivity index (χ0v) is 18.9. The molecule has 4 nitrogen and oxygen atoms in total. The van der Waals surface area contributed by atoms with E-state index in [1.807, 2.05) is 0 Å². The first kappa shape index (κ1) is 21.2. The maximum Gasteiger partial charge on any atom is 0.210 e. The second-order valence-electron chi connectivity index (χ2n) is 6.29. The van der Waals surface area contributed by atoms with E-state index in [1.54, 1.807) is 54.6 Å². The molecule has 0 aliphatic rings. The van der Waals surface area contributed by atoms with Crippen LogP contribution in [-0.2, 0) is 9.84 Å². The van der Waals surface area contributed by atoms with Crippen molar-refractivity contribution in [2.24, 2.45) is 0 Å². The van der Waals surface area contributed by atoms with Crippen molar-refractivity contribution in [3.8, 4) is 16.9 Å². The minimum Gasteiger partial charge on any atom is -0.230 e. The van der Waals surface area contributed by atoms with Crippen molar-refractivity contribution in [2.45, 2.75) is 9.79 Å². The highest BCUT2D eigenvalue weighted by molar-refractivity contribution is 7.91. The lowest BCUT2D eigenvalue weighted by Gasteiger charge is -2.13. The average Bonchev–Trinajstić information content (AvgIpc) is 3.19. The Kier molecular flexibility index (Phi) is 5.84. The zero-order chi connectivity index (χ0) is 21.5. The SMILES string of the molecule is O=S(=O)(c1ccccc1)c1cnn(-c2ccc(Cl)c(Cl)c2Cl)c1-c1ccc(Cl)cc1. The molecule has 3 aromatic carbocycles. The van der Waals surface area contributed by atoms with Gasteiger partial charge in [-0.25, -0.2) is 13.1 Å². The highest BCUT2D eigenvalue weighted by Crippen LogP contribution is 2.39. The highest BCUT2D eigenvalue weighted by atomic mass is 35.5. The number of benzene rings is 3. The topological polar surface area (TPSA) is 52.0 Å². The van der Waals surface area contributed by atoms with Gasteiger partial charge in [0.25, 0.3) is 0 Å². The molecule has 0 amide bonds. The Hall–Kier alpha value is -2.02. The summed E-state index contributed by atoms with van der Waals surface area (Å²) in [6.45, 7) is 0. The van der Waals surface area contributed by atoms with Crippen LogP contribution >= 0.6 is 46.4 Å². The predicted molar refractivity (Wildman–Crippen MR) is 121 cm³/mol. The van der Waals surface area contributed by atoms with Crippen LogP contribution in [-0.4, -0.2) is 18.2 Å². The second-order valence-corrected chi connectivity index (χ2v) is 9.80. The molecule has 4 aromatic rings. The number of hydrogen-bond donors (Lipinski definition) is 0. The summed E-state index contributed by atoms with van der Waals surface area (Å²) >= 11 is 24.7. The number of rotatable bonds is 4. The minimum absolute atomic E-state index is 0.0261. The van der Waals surface area contributed by atoms with E-state index >= 15 is 0 Å². The zero-order valence-electron chi connectivity index (χ0n) is 15.1. The molecule has 152 valence electrons. The molecule has 4 rings (SSSR count). The molecule has 30 heavy (non-hydrogen) atoms. The van der Waals surface area contributed by atoms with E-state index in [0.717, 1.165) is 0 Å². The summed E-state index contributed by atoms with van der Waals surface area (Å²) in [7, 11) is -3.86. The van der Waals surface area contributed by atoms with Crippen LogP contribution in [0.1, 0.15) is 0 Å². The van der Waals surface area contributed by atoms with Crippen molar-refractivity contribution >= 4 is 56.2 Å². The highest BCUT2D eigenvalue weighted by Gasteiger charge is 2.28. The van der Waals surface area contributed by atoms with E-state index in [9.17, 15) is 8.42 Å². The molecule has 0 fully saturated rings. The first-order chi connectivity index (χ1) is 14.3. The van der Waals surface area contributed by atoms with Gasteiger partial charge in [0, 0.05) is 10.6 Å². The minimum atomic E-state index is -3.86. The fourth-order valence-corrected chi connectivity index (χ4v) is 5.14. The Morgan fingerprint density at radius 3 is 2.10 bits per heavy atom. The Morgan fingerprint density at radius 2 is 1.43 bits per heavy atom. The molecule has 0 saturated carbocycles. The summed E-state index contributed by atoms with van der Waals surface area (Å²) in [5.41, 5.74) is 1.31. The standard InChI is InChI=1S/C21H12Cl4N2O2S/c22-14-8-6-13(7-9-14)21-18(30(28,29)15-4-2-1-3-5-15)12-26-27(21)17-11-10-16(23)19(24)20(17)25/h1-12H. The second kappa shape index (κ2) is 8.25. The third-order valence-electron chi connectivity index (χ3n) is 4.44. The molecule has 0 aliphatic carbocycles. The molecule has 1 aromatic heterocycles. The number of sulfone groups is 1. The van der Waals surface area contributed by atoms with E-state index in [1.165, 1.54) is 23.0 Å². The molecule has 0 saturated heterocycles. The molecule has 0 bridgehead atoms. The maximum atomic E-state index is 13.4. The fraction of sp³-hybridized carbons (Fsp3) is 0. The van der Waals surface area contributed by atoms with E-state index in [4.69, 9.17) is 46.4 Å². The van der Waals surface area contributed by atoms with Crippen LogP contribution in [0, 0.1) is 0 Å². The lowest BCUT2D eigenvalue weighted by atomic mass is 10.1. The molecule has 0 unspecified atom stereocenters. The predicted octanol–water partition coefficient (Wildman–Crippen LogP) is 6.99. The summed E-state index contributed by atoms with van der Waals surface area (Å²) in [6.07, 6.45) is 1.30. The maximum absolute atomic E-state index is 13.4. The number of nitrogens with zero attached hydrogens (tertiary/aromatic N) is 2. The third-order valence-corrected chi connectivity index (χ3v) is 7.75. The van der Waals surface area contributed by atoms with Gasteiger partial charge in [0.05, 0.1) is 37.5 Å². The van der Waals surface area contributed by atoms with Crippen molar-refractivity contribution in [1.82, 2.24) is 9.78 Å². The first-order valence-corrected chi connectivity index (χ1v) is 11.6. The molecule has 1 heterocycles. The summed E-state index contributed by atoms with van der Waals surface area (Å²) in [4.78, 5) is 0.179. The lowest BCUT2D eigenvalue weighted by Crippen LogP contribution is -2.05. The van der Waals surface area contributed by atoms with E-state index in [2.05, 4.69) is 5.10 Å². The Labute approximate surface area is 193 Å². The van der Waals surface area contributed by atoms with Crippen LogP contribution in [0.25, 0.3) is 16.9 Å². The number of aromatic nitrogens is 2. The lowest BCUT2D eigenvalue weighted by molar-refractivity contribution is 0.596. The van der Waals surface area contributed by atoms with Crippen molar-refractivity contribution in [1.29, 1.82) is 0 Å². The van der Waals surface area contributed by atoms with Gasteiger partial charge in [0.1, 0.15) is 4.90 Å². The molecule has 0 atom stereocenters. The summed E-state index contributed by atoms with van der Waals surface area (Å²) in [6, 6.07) is 18.1. The van der Waals surface area contributed by atoms with Gasteiger partial charge in [-0.15, -0.1) is 0 Å². The number of halogens is 4. The van der Waals surface area contributed by atoms with Crippen molar-refractivity contribution in [3.05, 3.63) is 93.0 Å². The molecular formula is C21H12Cl4N2O2S.